The highest BCUT2D eigenvalue weighted by Crippen LogP contribution is 2.37. The van der Waals surface area contributed by atoms with Crippen molar-refractivity contribution >= 4 is 38.3 Å². The van der Waals surface area contributed by atoms with Crippen molar-refractivity contribution in [1.29, 1.82) is 0 Å². The van der Waals surface area contributed by atoms with E-state index >= 15 is 0 Å². The van der Waals surface area contributed by atoms with Crippen LogP contribution in [-0.4, -0.2) is 65.7 Å². The van der Waals surface area contributed by atoms with Gasteiger partial charge in [-0.3, -0.25) is 4.79 Å². The summed E-state index contributed by atoms with van der Waals surface area (Å²) in [6, 6.07) is 9.58. The Morgan fingerprint density at radius 3 is 3.03 bits per heavy atom. The number of aliphatic hydroxyl groups excluding tert-OH is 1. The second-order valence-corrected chi connectivity index (χ2v) is 10.8. The van der Waals surface area contributed by atoms with Crippen molar-refractivity contribution in [2.45, 2.75) is 25.6 Å². The number of imidazole rings is 1. The number of nitrogens with zero attached hydrogens (tertiary/aromatic N) is 2. The average molecular weight is 598 g/mol. The number of hydrogen-bond donors (Lipinski definition) is 4. The van der Waals surface area contributed by atoms with Crippen LogP contribution in [0.15, 0.2) is 45.8 Å². The Bertz CT molecular complexity index is 1590. The van der Waals surface area contributed by atoms with E-state index in [1.165, 1.54) is 0 Å². The van der Waals surface area contributed by atoms with E-state index in [0.29, 0.717) is 43.4 Å². The number of ether oxygens (including phenoxy) is 2. The maximum atomic E-state index is 13.2. The molecule has 2 atom stereocenters. The maximum absolute atomic E-state index is 13.2. The van der Waals surface area contributed by atoms with Crippen LogP contribution in [0.5, 0.6) is 5.75 Å². The molecule has 11 heteroatoms. The Morgan fingerprint density at radius 1 is 1.31 bits per heavy atom. The molecular weight excluding hydrogens is 569 g/mol. The minimum Gasteiger partial charge on any atom is -0.492 e. The number of alkyl halides is 1. The lowest BCUT2D eigenvalue weighted by molar-refractivity contribution is 0.0247. The third-order valence-electron chi connectivity index (χ3n) is 7.27. The lowest BCUT2D eigenvalue weighted by Crippen LogP contribution is -2.43. The Labute approximate surface area is 232 Å². The Kier molecular flexibility index (Phi) is 7.05. The largest absolute Gasteiger partial charge is 0.492 e. The van der Waals surface area contributed by atoms with Crippen LogP contribution in [0.3, 0.4) is 0 Å². The smallest absolute Gasteiger partial charge is 0.261 e. The Balaban J connectivity index is 1.27. The molecule has 39 heavy (non-hydrogen) atoms. The van der Waals surface area contributed by atoms with E-state index in [-0.39, 0.29) is 12.1 Å². The van der Waals surface area contributed by atoms with E-state index in [9.17, 15) is 14.3 Å². The number of hydrogen-bond acceptors (Lipinski definition) is 7. The highest BCUT2D eigenvalue weighted by atomic mass is 79.9. The van der Waals surface area contributed by atoms with Gasteiger partial charge in [-0.15, -0.1) is 0 Å². The first-order chi connectivity index (χ1) is 18.9. The number of aromatic nitrogens is 3. The van der Waals surface area contributed by atoms with Crippen molar-refractivity contribution in [3.8, 4) is 17.1 Å². The molecule has 6 rings (SSSR count). The number of aromatic amines is 2. The van der Waals surface area contributed by atoms with E-state index in [1.54, 1.807) is 12.3 Å². The number of H-pyrrole nitrogens is 2. The molecule has 0 spiro atoms. The van der Waals surface area contributed by atoms with E-state index < -0.39 is 18.9 Å². The second kappa shape index (κ2) is 10.6. The van der Waals surface area contributed by atoms with Gasteiger partial charge in [0.2, 0.25) is 0 Å². The number of benzene rings is 2. The molecule has 1 fully saturated rings. The fraction of sp³-hybridized carbons (Fsp3) is 0.357. The number of aryl methyl sites for hydroxylation is 1. The number of halogens is 2. The van der Waals surface area contributed by atoms with Crippen molar-refractivity contribution in [3.63, 3.8) is 0 Å². The SMILES string of the molecule is Cc1cc(N2CCO[C@H](CF)C2)cc2[nH]c(-c3c(NC[C@@H](O)c4cc(Br)c5c(c4)CCO5)cc[nH]c3=O)nc12. The zero-order valence-corrected chi connectivity index (χ0v) is 23.0. The molecule has 4 aromatic rings. The zero-order valence-electron chi connectivity index (χ0n) is 21.4. The minimum atomic E-state index is -0.804. The van der Waals surface area contributed by atoms with Crippen LogP contribution in [0.4, 0.5) is 15.8 Å². The van der Waals surface area contributed by atoms with E-state index in [2.05, 4.69) is 36.1 Å². The number of rotatable bonds is 7. The number of pyridine rings is 1. The zero-order chi connectivity index (χ0) is 27.1. The topological polar surface area (TPSA) is 115 Å². The molecule has 1 saturated heterocycles. The first-order valence-electron chi connectivity index (χ1n) is 12.9. The molecule has 0 amide bonds. The van der Waals surface area contributed by atoms with Crippen LogP contribution in [0.2, 0.25) is 0 Å². The second-order valence-electron chi connectivity index (χ2n) is 9.92. The Morgan fingerprint density at radius 2 is 2.18 bits per heavy atom. The molecular formula is C28H29BrFN5O4. The van der Waals surface area contributed by atoms with Crippen LogP contribution < -0.4 is 20.5 Å². The molecule has 2 aliphatic heterocycles. The lowest BCUT2D eigenvalue weighted by atomic mass is 10.0. The molecule has 0 saturated carbocycles. The first-order valence-corrected chi connectivity index (χ1v) is 13.7. The van der Waals surface area contributed by atoms with Crippen molar-refractivity contribution in [2.24, 2.45) is 0 Å². The van der Waals surface area contributed by atoms with Gasteiger partial charge in [-0.05, 0) is 69.9 Å². The van der Waals surface area contributed by atoms with E-state index in [1.807, 2.05) is 31.2 Å². The van der Waals surface area contributed by atoms with Gasteiger partial charge in [0.05, 0.1) is 40.5 Å². The Hall–Kier alpha value is -3.41. The van der Waals surface area contributed by atoms with Gasteiger partial charge in [0.1, 0.15) is 29.9 Å². The summed E-state index contributed by atoms with van der Waals surface area (Å²) < 4.78 is 25.1. The van der Waals surface area contributed by atoms with Crippen LogP contribution in [0, 0.1) is 6.92 Å². The molecule has 2 aromatic carbocycles. The highest BCUT2D eigenvalue weighted by Gasteiger charge is 2.23. The van der Waals surface area contributed by atoms with Gasteiger partial charge in [-0.2, -0.15) is 0 Å². The van der Waals surface area contributed by atoms with Gasteiger partial charge in [-0.25, -0.2) is 9.37 Å². The summed E-state index contributed by atoms with van der Waals surface area (Å²) in [5, 5.41) is 14.2. The standard InChI is InChI=1S/C28H29BrFN5O4/c1-15-8-18(35-5-7-38-19(12-30)14-35)11-22-25(15)34-27(33-22)24-21(2-4-31-28(24)37)32-13-23(36)17-9-16-3-6-39-26(16)20(29)10-17/h2,4,8-11,19,23,36H,3,5-7,12-14H2,1H3,(H,33,34)(H2,31,32,37)/t19-,23-/m1/s1. The van der Waals surface area contributed by atoms with Gasteiger partial charge in [0.25, 0.3) is 5.56 Å². The molecule has 0 radical (unpaired) electrons. The number of anilines is 2. The van der Waals surface area contributed by atoms with Gasteiger partial charge < -0.3 is 34.8 Å². The van der Waals surface area contributed by atoms with Crippen molar-refractivity contribution < 1.29 is 19.0 Å². The number of morpholine rings is 1. The monoisotopic (exact) mass is 597 g/mol. The normalized spacial score (nSPS) is 17.7. The van der Waals surface area contributed by atoms with Gasteiger partial charge in [0.15, 0.2) is 0 Å². The lowest BCUT2D eigenvalue weighted by Gasteiger charge is -2.33. The van der Waals surface area contributed by atoms with Crippen molar-refractivity contribution in [2.75, 3.05) is 49.7 Å². The number of aliphatic hydroxyl groups is 1. The number of nitrogens with one attached hydrogen (secondary N) is 3. The molecule has 2 aromatic heterocycles. The van der Waals surface area contributed by atoms with Crippen LogP contribution in [0.1, 0.15) is 22.8 Å². The number of fused-ring (bicyclic) bond motifs is 2. The first kappa shape index (κ1) is 25.8. The molecule has 0 bridgehead atoms. The fourth-order valence-electron chi connectivity index (χ4n) is 5.28. The van der Waals surface area contributed by atoms with Gasteiger partial charge >= 0.3 is 0 Å². The summed E-state index contributed by atoms with van der Waals surface area (Å²) in [5.74, 6) is 1.25. The quantitative estimate of drug-likeness (QED) is 0.252. The molecule has 4 N–H and O–H groups in total. The average Bonchev–Trinajstić information content (AvgIpc) is 3.59. The third kappa shape index (κ3) is 5.02. The summed E-state index contributed by atoms with van der Waals surface area (Å²) in [7, 11) is 0. The summed E-state index contributed by atoms with van der Waals surface area (Å²) in [4.78, 5) is 25.9. The molecule has 204 valence electrons. The summed E-state index contributed by atoms with van der Waals surface area (Å²) >= 11 is 3.53. The molecule has 4 heterocycles. The van der Waals surface area contributed by atoms with Crippen molar-refractivity contribution in [3.05, 3.63) is 68.0 Å². The molecule has 9 nitrogen and oxygen atoms in total. The highest BCUT2D eigenvalue weighted by molar-refractivity contribution is 9.10. The molecule has 2 aliphatic rings. The minimum absolute atomic E-state index is 0.193. The van der Waals surface area contributed by atoms with Crippen LogP contribution in [-0.2, 0) is 11.2 Å². The van der Waals surface area contributed by atoms with Gasteiger partial charge in [-0.1, -0.05) is 0 Å². The maximum Gasteiger partial charge on any atom is 0.261 e. The van der Waals surface area contributed by atoms with Crippen molar-refractivity contribution in [1.82, 2.24) is 15.0 Å². The van der Waals surface area contributed by atoms with E-state index in [4.69, 9.17) is 14.5 Å². The summed E-state index contributed by atoms with van der Waals surface area (Å²) in [6.45, 7) is 3.88. The summed E-state index contributed by atoms with van der Waals surface area (Å²) in [6.07, 6.45) is 1.12. The fourth-order valence-corrected chi connectivity index (χ4v) is 5.91. The van der Waals surface area contributed by atoms with Gasteiger partial charge in [0, 0.05) is 37.9 Å². The molecule has 0 unspecified atom stereocenters. The van der Waals surface area contributed by atoms with Crippen LogP contribution >= 0.6 is 15.9 Å². The summed E-state index contributed by atoms with van der Waals surface area (Å²) in [5.41, 5.74) is 5.85. The third-order valence-corrected chi connectivity index (χ3v) is 7.86. The predicted octanol–water partition coefficient (Wildman–Crippen LogP) is 4.24. The molecule has 0 aliphatic carbocycles. The van der Waals surface area contributed by atoms with Crippen LogP contribution in [0.25, 0.3) is 22.4 Å². The predicted molar refractivity (Wildman–Crippen MR) is 152 cm³/mol. The van der Waals surface area contributed by atoms with E-state index in [0.717, 1.165) is 50.1 Å².